The van der Waals surface area contributed by atoms with Crippen LogP contribution in [0.2, 0.25) is 0 Å². The number of rotatable bonds is 6. The maximum Gasteiger partial charge on any atom is 0.312 e. The predicted octanol–water partition coefficient (Wildman–Crippen LogP) is 3.92. The van der Waals surface area contributed by atoms with Gasteiger partial charge in [-0.3, -0.25) is 9.59 Å². The molecule has 1 aromatic rings. The number of hydrogen-bond donors (Lipinski definition) is 1. The van der Waals surface area contributed by atoms with Gasteiger partial charge in [0.15, 0.2) is 6.61 Å². The van der Waals surface area contributed by atoms with Gasteiger partial charge in [-0.1, -0.05) is 15.9 Å². The van der Waals surface area contributed by atoms with Crippen LogP contribution >= 0.6 is 15.9 Å². The fourth-order valence-corrected chi connectivity index (χ4v) is 7.22. The molecular weight excluding hydrogens is 426 g/mol. The van der Waals surface area contributed by atoms with Crippen LogP contribution < -0.4 is 14.8 Å². The molecule has 2 atom stereocenters. The highest BCUT2D eigenvalue weighted by Crippen LogP contribution is 2.64. The summed E-state index contributed by atoms with van der Waals surface area (Å²) in [6.45, 7) is -0.300. The fourth-order valence-electron chi connectivity index (χ4n) is 5.77. The van der Waals surface area contributed by atoms with E-state index < -0.39 is 11.3 Å². The number of nitrogens with one attached hydrogen (secondary N) is 1. The van der Waals surface area contributed by atoms with E-state index in [4.69, 9.17) is 14.2 Å². The van der Waals surface area contributed by atoms with Crippen LogP contribution in [0.3, 0.4) is 0 Å². The second-order valence-electron chi connectivity index (χ2n) is 8.58. The monoisotopic (exact) mass is 451 g/mol. The van der Waals surface area contributed by atoms with Crippen molar-refractivity contribution in [3.8, 4) is 11.5 Å². The van der Waals surface area contributed by atoms with Gasteiger partial charge in [-0.25, -0.2) is 0 Å². The number of halogens is 1. The molecule has 4 bridgehead atoms. The molecule has 4 fully saturated rings. The molecule has 0 saturated heterocycles. The zero-order chi connectivity index (χ0) is 19.9. The first-order valence-electron chi connectivity index (χ1n) is 9.73. The quantitative estimate of drug-likeness (QED) is 0.523. The third-order valence-corrected chi connectivity index (χ3v) is 7.37. The second kappa shape index (κ2) is 7.25. The first kappa shape index (κ1) is 19.6. The lowest BCUT2D eigenvalue weighted by molar-refractivity contribution is -0.170. The normalized spacial score (nSPS) is 32.7. The second-order valence-corrected chi connectivity index (χ2v) is 10.3. The summed E-state index contributed by atoms with van der Waals surface area (Å²) in [5, 5.41) is 2.74. The van der Waals surface area contributed by atoms with Crippen LogP contribution in [0, 0.1) is 17.3 Å². The zero-order valence-corrected chi connectivity index (χ0v) is 17.8. The molecule has 0 radical (unpaired) electrons. The molecule has 1 aromatic carbocycles. The minimum absolute atomic E-state index is 0.0757. The first-order chi connectivity index (χ1) is 13.3. The van der Waals surface area contributed by atoms with Crippen LogP contribution in [0.4, 0.5) is 5.69 Å². The van der Waals surface area contributed by atoms with Gasteiger partial charge in [0.05, 0.1) is 25.3 Å². The van der Waals surface area contributed by atoms with E-state index in [0.717, 1.165) is 32.1 Å². The standard InChI is InChI=1S/C21H26BrNO5/c1-26-15-3-4-17(27-2)16(6-15)23-18(24)11-28-19(25)20-7-13-5-14(8-20)10-21(22,9-13)12-20/h3-4,6,13-14H,5,7-12H2,1-2H3,(H,23,24). The van der Waals surface area contributed by atoms with E-state index in [-0.39, 0.29) is 16.9 Å². The van der Waals surface area contributed by atoms with Gasteiger partial charge < -0.3 is 19.5 Å². The molecule has 4 aliphatic rings. The van der Waals surface area contributed by atoms with Gasteiger partial charge in [0.25, 0.3) is 5.91 Å². The smallest absolute Gasteiger partial charge is 0.312 e. The van der Waals surface area contributed by atoms with Crippen molar-refractivity contribution in [2.45, 2.75) is 42.8 Å². The Hall–Kier alpha value is -1.76. The summed E-state index contributed by atoms with van der Waals surface area (Å²) in [5.41, 5.74) is 0.0544. The first-order valence-corrected chi connectivity index (χ1v) is 10.5. The number of benzene rings is 1. The van der Waals surface area contributed by atoms with Crippen LogP contribution in [-0.4, -0.2) is 37.0 Å². The maximum atomic E-state index is 13.0. The SMILES string of the molecule is COc1ccc(OC)c(NC(=O)COC(=O)C23CC4CC(CC(Br)(C4)C2)C3)c1. The molecule has 6 nitrogen and oxygen atoms in total. The Morgan fingerprint density at radius 3 is 2.46 bits per heavy atom. The summed E-state index contributed by atoms with van der Waals surface area (Å²) in [6.07, 6.45) is 6.11. The number of esters is 1. The Labute approximate surface area is 173 Å². The molecule has 0 aliphatic heterocycles. The molecule has 152 valence electrons. The van der Waals surface area contributed by atoms with Gasteiger partial charge in [-0.15, -0.1) is 0 Å². The summed E-state index contributed by atoms with van der Waals surface area (Å²) in [5.74, 6) is 1.68. The van der Waals surface area contributed by atoms with Crippen LogP contribution in [0.1, 0.15) is 38.5 Å². The van der Waals surface area contributed by atoms with Gasteiger partial charge >= 0.3 is 5.97 Å². The van der Waals surface area contributed by atoms with Crippen molar-refractivity contribution in [2.75, 3.05) is 26.1 Å². The van der Waals surface area contributed by atoms with E-state index in [1.54, 1.807) is 25.3 Å². The lowest BCUT2D eigenvalue weighted by Crippen LogP contribution is -2.56. The number of ether oxygens (including phenoxy) is 3. The number of hydrogen-bond acceptors (Lipinski definition) is 5. The molecule has 1 N–H and O–H groups in total. The van der Waals surface area contributed by atoms with E-state index >= 15 is 0 Å². The van der Waals surface area contributed by atoms with E-state index in [2.05, 4.69) is 21.2 Å². The van der Waals surface area contributed by atoms with Gasteiger partial charge in [0, 0.05) is 10.4 Å². The van der Waals surface area contributed by atoms with Gasteiger partial charge in [-0.05, 0) is 62.5 Å². The topological polar surface area (TPSA) is 73.9 Å². The van der Waals surface area contributed by atoms with E-state index in [1.807, 2.05) is 0 Å². The number of alkyl halides is 1. The number of methoxy groups -OCH3 is 2. The van der Waals surface area contributed by atoms with Gasteiger partial charge in [0.2, 0.25) is 0 Å². The summed E-state index contributed by atoms with van der Waals surface area (Å²) < 4.78 is 16.0. The van der Waals surface area contributed by atoms with Crippen LogP contribution in [0.5, 0.6) is 11.5 Å². The highest BCUT2D eigenvalue weighted by molar-refractivity contribution is 9.10. The molecule has 0 spiro atoms. The summed E-state index contributed by atoms with van der Waals surface area (Å²) in [7, 11) is 3.08. The zero-order valence-electron chi connectivity index (χ0n) is 16.3. The Kier molecular flexibility index (Phi) is 5.06. The average molecular weight is 452 g/mol. The third-order valence-electron chi connectivity index (χ3n) is 6.44. The van der Waals surface area contributed by atoms with Crippen LogP contribution in [-0.2, 0) is 14.3 Å². The van der Waals surface area contributed by atoms with Crippen molar-refractivity contribution in [1.82, 2.24) is 0 Å². The number of amides is 1. The van der Waals surface area contributed by atoms with Crippen molar-refractivity contribution in [2.24, 2.45) is 17.3 Å². The Morgan fingerprint density at radius 1 is 1.14 bits per heavy atom. The van der Waals surface area contributed by atoms with Crippen LogP contribution in [0.15, 0.2) is 18.2 Å². The summed E-state index contributed by atoms with van der Waals surface area (Å²) in [4.78, 5) is 25.3. The molecule has 0 aromatic heterocycles. The maximum absolute atomic E-state index is 13.0. The average Bonchev–Trinajstić information content (AvgIpc) is 2.64. The fraction of sp³-hybridized carbons (Fsp3) is 0.619. The third kappa shape index (κ3) is 3.61. The Bertz CT molecular complexity index is 781. The lowest BCUT2D eigenvalue weighted by atomic mass is 9.49. The van der Waals surface area contributed by atoms with E-state index in [1.165, 1.54) is 13.5 Å². The molecule has 7 heteroatoms. The Balaban J connectivity index is 1.38. The molecule has 5 rings (SSSR count). The van der Waals surface area contributed by atoms with Crippen molar-refractivity contribution in [1.29, 1.82) is 0 Å². The van der Waals surface area contributed by atoms with Crippen molar-refractivity contribution < 1.29 is 23.8 Å². The number of anilines is 1. The molecule has 28 heavy (non-hydrogen) atoms. The molecular formula is C21H26BrNO5. The number of carbonyl (C=O) groups excluding carboxylic acids is 2. The Morgan fingerprint density at radius 2 is 1.86 bits per heavy atom. The lowest BCUT2D eigenvalue weighted by Gasteiger charge is -2.58. The summed E-state index contributed by atoms with van der Waals surface area (Å²) >= 11 is 3.90. The minimum atomic E-state index is -0.429. The molecule has 1 amide bonds. The highest BCUT2D eigenvalue weighted by atomic mass is 79.9. The molecule has 2 unspecified atom stereocenters. The van der Waals surface area contributed by atoms with Crippen molar-refractivity contribution >= 4 is 33.5 Å². The minimum Gasteiger partial charge on any atom is -0.497 e. The van der Waals surface area contributed by atoms with Gasteiger partial charge in [-0.2, -0.15) is 0 Å². The van der Waals surface area contributed by atoms with Crippen molar-refractivity contribution in [3.63, 3.8) is 0 Å². The van der Waals surface area contributed by atoms with Gasteiger partial charge in [0.1, 0.15) is 11.5 Å². The summed E-state index contributed by atoms with van der Waals surface area (Å²) in [6, 6.07) is 5.13. The van der Waals surface area contributed by atoms with Crippen molar-refractivity contribution in [3.05, 3.63) is 18.2 Å². The highest BCUT2D eigenvalue weighted by Gasteiger charge is 2.60. The van der Waals surface area contributed by atoms with E-state index in [0.29, 0.717) is 29.0 Å². The number of carbonyl (C=O) groups is 2. The van der Waals surface area contributed by atoms with E-state index in [9.17, 15) is 9.59 Å². The largest absolute Gasteiger partial charge is 0.497 e. The van der Waals surface area contributed by atoms with Crippen LogP contribution in [0.25, 0.3) is 0 Å². The molecule has 4 aliphatic carbocycles. The predicted molar refractivity (Wildman–Crippen MR) is 108 cm³/mol. The molecule has 0 heterocycles. The molecule has 4 saturated carbocycles.